The molecule has 1 aromatic heterocycles. The van der Waals surface area contributed by atoms with Crippen LogP contribution in [0.2, 0.25) is 5.15 Å². The fourth-order valence-electron chi connectivity index (χ4n) is 2.70. The van der Waals surface area contributed by atoms with E-state index in [-0.39, 0.29) is 12.1 Å². The Morgan fingerprint density at radius 3 is 2.47 bits per heavy atom. The minimum absolute atomic E-state index is 0.145. The topological polar surface area (TPSA) is 52.5 Å². The number of halogens is 1. The first-order valence-electron chi connectivity index (χ1n) is 6.49. The molecule has 0 bridgehead atoms. The minimum Gasteiger partial charge on any atom is -0.391 e. The first kappa shape index (κ1) is 14.5. The molecule has 1 fully saturated rings. The van der Waals surface area contributed by atoms with Gasteiger partial charge in [-0.25, -0.2) is 9.97 Å². The van der Waals surface area contributed by atoms with E-state index in [9.17, 15) is 5.11 Å². The van der Waals surface area contributed by atoms with Gasteiger partial charge in [0.2, 0.25) is 0 Å². The van der Waals surface area contributed by atoms with Crippen molar-refractivity contribution in [2.45, 2.75) is 31.4 Å². The molecule has 6 heteroatoms. The molecule has 0 unspecified atom stereocenters. The molecular weight excluding hydrogens is 264 g/mol. The van der Waals surface area contributed by atoms with Gasteiger partial charge in [-0.1, -0.05) is 11.6 Å². The van der Waals surface area contributed by atoms with Crippen molar-refractivity contribution in [3.63, 3.8) is 0 Å². The average molecular weight is 285 g/mol. The highest BCUT2D eigenvalue weighted by molar-refractivity contribution is 6.30. The van der Waals surface area contributed by atoms with Gasteiger partial charge in [0, 0.05) is 19.1 Å². The van der Waals surface area contributed by atoms with Crippen LogP contribution in [0, 0.1) is 0 Å². The smallest absolute Gasteiger partial charge is 0.140 e. The molecule has 1 aliphatic rings. The van der Waals surface area contributed by atoms with Crippen molar-refractivity contribution in [1.29, 1.82) is 0 Å². The number of nitrogens with zero attached hydrogens (tertiary/aromatic N) is 4. The fraction of sp³-hybridized carbons (Fsp3) is 0.692. The third-order valence-corrected chi connectivity index (χ3v) is 4.48. The van der Waals surface area contributed by atoms with Crippen LogP contribution in [0.3, 0.4) is 0 Å². The summed E-state index contributed by atoms with van der Waals surface area (Å²) in [4.78, 5) is 12.5. The van der Waals surface area contributed by atoms with Gasteiger partial charge in [0.1, 0.15) is 17.3 Å². The Kier molecular flexibility index (Phi) is 4.28. The second-order valence-corrected chi connectivity index (χ2v) is 5.81. The Hall–Kier alpha value is -0.910. The van der Waals surface area contributed by atoms with E-state index in [0.717, 1.165) is 12.4 Å². The summed E-state index contributed by atoms with van der Waals surface area (Å²) >= 11 is 6.01. The van der Waals surface area contributed by atoms with Gasteiger partial charge in [-0.15, -0.1) is 0 Å². The molecule has 106 valence electrons. The predicted octanol–water partition coefficient (Wildman–Crippen LogP) is 1.54. The number of rotatable bonds is 5. The third-order valence-electron chi connectivity index (χ3n) is 4.15. The third kappa shape index (κ3) is 2.68. The summed E-state index contributed by atoms with van der Waals surface area (Å²) in [5.41, 5.74) is 0.804. The lowest BCUT2D eigenvalue weighted by Crippen LogP contribution is -2.57. The predicted molar refractivity (Wildman–Crippen MR) is 76.5 cm³/mol. The summed E-state index contributed by atoms with van der Waals surface area (Å²) in [5.74, 6) is 0.718. The Morgan fingerprint density at radius 1 is 1.32 bits per heavy atom. The van der Waals surface area contributed by atoms with E-state index in [1.807, 2.05) is 7.05 Å². The van der Waals surface area contributed by atoms with Gasteiger partial charge in [-0.05, 0) is 33.4 Å². The number of likely N-dealkylation sites (N-methyl/N-ethyl adjacent to an activating group) is 2. The van der Waals surface area contributed by atoms with E-state index in [1.165, 1.54) is 25.6 Å². The number of aliphatic hydroxyl groups is 1. The van der Waals surface area contributed by atoms with Gasteiger partial charge in [-0.2, -0.15) is 0 Å². The summed E-state index contributed by atoms with van der Waals surface area (Å²) in [6.07, 6.45) is 5.09. The largest absolute Gasteiger partial charge is 0.391 e. The molecule has 2 rings (SSSR count). The van der Waals surface area contributed by atoms with Crippen molar-refractivity contribution < 1.29 is 5.11 Å². The van der Waals surface area contributed by atoms with Crippen molar-refractivity contribution >= 4 is 17.4 Å². The highest BCUT2D eigenvalue weighted by Crippen LogP contribution is 2.37. The van der Waals surface area contributed by atoms with E-state index in [1.54, 1.807) is 0 Å². The maximum Gasteiger partial charge on any atom is 0.140 e. The first-order chi connectivity index (χ1) is 9.00. The molecule has 1 N–H and O–H groups in total. The van der Waals surface area contributed by atoms with Crippen LogP contribution in [0.25, 0.3) is 0 Å². The monoisotopic (exact) mass is 284 g/mol. The van der Waals surface area contributed by atoms with E-state index >= 15 is 0 Å². The quantitative estimate of drug-likeness (QED) is 0.832. The van der Waals surface area contributed by atoms with E-state index < -0.39 is 0 Å². The van der Waals surface area contributed by atoms with Crippen molar-refractivity contribution in [3.05, 3.63) is 17.0 Å². The molecule has 0 spiro atoms. The number of hydrogen-bond acceptors (Lipinski definition) is 5. The lowest BCUT2D eigenvalue weighted by atomic mass is 9.75. The van der Waals surface area contributed by atoms with E-state index in [2.05, 4.69) is 33.9 Å². The molecule has 0 saturated heterocycles. The molecule has 0 aliphatic heterocycles. The van der Waals surface area contributed by atoms with Crippen LogP contribution < -0.4 is 4.90 Å². The van der Waals surface area contributed by atoms with E-state index in [4.69, 9.17) is 11.6 Å². The van der Waals surface area contributed by atoms with Crippen LogP contribution >= 0.6 is 11.6 Å². The van der Waals surface area contributed by atoms with Crippen LogP contribution in [0.1, 0.15) is 24.8 Å². The number of aliphatic hydroxyl groups excluding tert-OH is 1. The molecule has 5 nitrogen and oxygen atoms in total. The van der Waals surface area contributed by atoms with Crippen LogP contribution in [0.15, 0.2) is 6.33 Å². The molecule has 1 aromatic rings. The molecule has 1 aliphatic carbocycles. The summed E-state index contributed by atoms with van der Waals surface area (Å²) in [7, 11) is 6.22. The Balaban J connectivity index is 2.20. The molecule has 1 heterocycles. The molecule has 1 saturated carbocycles. The van der Waals surface area contributed by atoms with Crippen molar-refractivity contribution in [2.24, 2.45) is 0 Å². The van der Waals surface area contributed by atoms with Gasteiger partial charge in [-0.3, -0.25) is 0 Å². The standard InChI is InChI=1S/C13H21ClN4O/c1-17(2)13(5-4-6-13)8-18(3)12-10(7-19)11(14)15-9-16-12/h9,19H,4-8H2,1-3H3. The first-order valence-corrected chi connectivity index (χ1v) is 6.87. The summed E-state index contributed by atoms with van der Waals surface area (Å²) in [6, 6.07) is 0. The average Bonchev–Trinajstić information content (AvgIpc) is 2.32. The molecule has 0 atom stereocenters. The SMILES string of the molecule is CN(CC1(N(C)C)CCC1)c1ncnc(Cl)c1CO. The maximum atomic E-state index is 9.43. The fourth-order valence-corrected chi connectivity index (χ4v) is 2.88. The van der Waals surface area contributed by atoms with Gasteiger partial charge >= 0.3 is 0 Å². The van der Waals surface area contributed by atoms with Crippen LogP contribution in [0.4, 0.5) is 5.82 Å². The van der Waals surface area contributed by atoms with Crippen LogP contribution in [-0.2, 0) is 6.61 Å². The highest BCUT2D eigenvalue weighted by atomic mass is 35.5. The Labute approximate surface area is 119 Å². The lowest BCUT2D eigenvalue weighted by molar-refractivity contribution is 0.0681. The van der Waals surface area contributed by atoms with Gasteiger partial charge < -0.3 is 14.9 Å². The van der Waals surface area contributed by atoms with Crippen molar-refractivity contribution in [1.82, 2.24) is 14.9 Å². The maximum absolute atomic E-state index is 9.43. The van der Waals surface area contributed by atoms with E-state index in [0.29, 0.717) is 10.7 Å². The minimum atomic E-state index is -0.145. The van der Waals surface area contributed by atoms with Crippen LogP contribution in [-0.4, -0.2) is 53.2 Å². The zero-order chi connectivity index (χ0) is 14.0. The molecule has 19 heavy (non-hydrogen) atoms. The summed E-state index contributed by atoms with van der Waals surface area (Å²) in [6.45, 7) is 0.731. The number of hydrogen-bond donors (Lipinski definition) is 1. The zero-order valence-electron chi connectivity index (χ0n) is 11.7. The molecule has 0 aromatic carbocycles. The van der Waals surface area contributed by atoms with Crippen molar-refractivity contribution in [3.8, 4) is 0 Å². The summed E-state index contributed by atoms with van der Waals surface area (Å²) in [5, 5.41) is 9.75. The second-order valence-electron chi connectivity index (χ2n) is 5.45. The van der Waals surface area contributed by atoms with Gasteiger partial charge in [0.25, 0.3) is 0 Å². The second kappa shape index (κ2) is 5.61. The normalized spacial score (nSPS) is 17.4. The van der Waals surface area contributed by atoms with Gasteiger partial charge in [0.05, 0.1) is 12.2 Å². The summed E-state index contributed by atoms with van der Waals surface area (Å²) < 4.78 is 0. The number of anilines is 1. The molecule has 0 radical (unpaired) electrons. The molecular formula is C13H21ClN4O. The Morgan fingerprint density at radius 2 is 2.00 bits per heavy atom. The lowest BCUT2D eigenvalue weighted by Gasteiger charge is -2.49. The zero-order valence-corrected chi connectivity index (χ0v) is 12.5. The van der Waals surface area contributed by atoms with Gasteiger partial charge in [0.15, 0.2) is 0 Å². The highest BCUT2D eigenvalue weighted by Gasteiger charge is 2.40. The molecule has 0 amide bonds. The van der Waals surface area contributed by atoms with Crippen molar-refractivity contribution in [2.75, 3.05) is 32.6 Å². The Bertz CT molecular complexity index is 448. The number of aromatic nitrogens is 2. The van der Waals surface area contributed by atoms with Crippen LogP contribution in [0.5, 0.6) is 0 Å².